The molecule has 0 saturated carbocycles. The van der Waals surface area contributed by atoms with Gasteiger partial charge < -0.3 is 24.3 Å². The van der Waals surface area contributed by atoms with E-state index in [9.17, 15) is 19.2 Å². The van der Waals surface area contributed by atoms with Gasteiger partial charge in [0, 0.05) is 6.54 Å². The predicted octanol–water partition coefficient (Wildman–Crippen LogP) is 4.59. The zero-order valence-corrected chi connectivity index (χ0v) is 25.2. The number of benzene rings is 1. The molecule has 0 fully saturated rings. The maximum atomic E-state index is 12.8. The second-order valence-electron chi connectivity index (χ2n) is 11.1. The summed E-state index contributed by atoms with van der Waals surface area (Å²) in [6.45, 7) is 17.3. The van der Waals surface area contributed by atoms with E-state index in [0.717, 1.165) is 0 Å². The van der Waals surface area contributed by atoms with Crippen molar-refractivity contribution in [2.24, 2.45) is 35.5 Å². The molecule has 0 saturated heterocycles. The molecule has 9 nitrogen and oxygen atoms in total. The van der Waals surface area contributed by atoms with E-state index in [-0.39, 0.29) is 72.5 Å². The van der Waals surface area contributed by atoms with Crippen LogP contribution in [0.2, 0.25) is 0 Å². The molecule has 0 bridgehead atoms. The van der Waals surface area contributed by atoms with E-state index in [1.807, 2.05) is 48.5 Å². The number of carbonyl (C=O) groups is 4. The molecule has 220 valence electrons. The zero-order valence-electron chi connectivity index (χ0n) is 25.2. The first-order valence-corrected chi connectivity index (χ1v) is 13.7. The summed E-state index contributed by atoms with van der Waals surface area (Å²) < 4.78 is 21.5. The second-order valence-corrected chi connectivity index (χ2v) is 11.1. The fourth-order valence-electron chi connectivity index (χ4n) is 3.20. The Kier molecular flexibility index (Phi) is 14.2. The number of ether oxygens (including phenoxy) is 4. The molecule has 1 aromatic carbocycles. The molecule has 0 aliphatic heterocycles. The third-order valence-corrected chi connectivity index (χ3v) is 7.21. The summed E-state index contributed by atoms with van der Waals surface area (Å²) in [6, 6.07) is 4.11. The lowest BCUT2D eigenvalue weighted by atomic mass is 9.98. The Balaban J connectivity index is 3.10. The van der Waals surface area contributed by atoms with Crippen molar-refractivity contribution in [2.45, 2.75) is 74.8 Å². The van der Waals surface area contributed by atoms with Gasteiger partial charge in [-0.25, -0.2) is 0 Å². The van der Waals surface area contributed by atoms with Crippen molar-refractivity contribution in [3.05, 3.63) is 23.8 Å². The number of hydrogen-bond donors (Lipinski definition) is 1. The Hall–Kier alpha value is -2.94. The highest BCUT2D eigenvalue weighted by atomic mass is 16.6. The molecule has 0 heterocycles. The van der Waals surface area contributed by atoms with E-state index >= 15 is 0 Å². The van der Waals surface area contributed by atoms with Crippen LogP contribution in [0.5, 0.6) is 11.5 Å². The van der Waals surface area contributed by atoms with Gasteiger partial charge >= 0.3 is 23.9 Å². The van der Waals surface area contributed by atoms with Gasteiger partial charge in [0.2, 0.25) is 0 Å². The van der Waals surface area contributed by atoms with Crippen LogP contribution in [0.25, 0.3) is 0 Å². The monoisotopic (exact) mass is 549 g/mol. The van der Waals surface area contributed by atoms with Gasteiger partial charge in [0.25, 0.3) is 0 Å². The van der Waals surface area contributed by atoms with Gasteiger partial charge in [0.1, 0.15) is 12.6 Å². The average Bonchev–Trinajstić information content (AvgIpc) is 2.89. The lowest BCUT2D eigenvalue weighted by Gasteiger charge is -2.20. The van der Waals surface area contributed by atoms with Crippen molar-refractivity contribution in [1.82, 2.24) is 5.32 Å². The molecule has 39 heavy (non-hydrogen) atoms. The van der Waals surface area contributed by atoms with Gasteiger partial charge in [0.05, 0.1) is 24.9 Å². The Labute approximate surface area is 233 Å². The van der Waals surface area contributed by atoms with Gasteiger partial charge in [0.15, 0.2) is 11.5 Å². The first-order chi connectivity index (χ1) is 18.2. The number of esters is 4. The summed E-state index contributed by atoms with van der Waals surface area (Å²) in [5.74, 6) is -2.09. The van der Waals surface area contributed by atoms with E-state index in [1.54, 1.807) is 32.0 Å². The summed E-state index contributed by atoms with van der Waals surface area (Å²) in [5.41, 5.74) is 0.653. The molecule has 0 spiro atoms. The Morgan fingerprint density at radius 3 is 1.67 bits per heavy atom. The van der Waals surface area contributed by atoms with Crippen LogP contribution >= 0.6 is 0 Å². The topological polar surface area (TPSA) is 117 Å². The van der Waals surface area contributed by atoms with Crippen molar-refractivity contribution >= 4 is 23.9 Å². The standard InChI is InChI=1S/C30H47NO8/c1-17(2)20(7)27(32)37-14-13-31-24(30(35)36-10)15-23-11-12-25(38-28(33)21(8)18(3)4)26(16-23)39-29(34)22(9)19(5)6/h11-12,16-22,24,31H,13-15H2,1-10H3/t20?,21?,22?,24-/m0/s1. The molecule has 4 atom stereocenters. The minimum absolute atomic E-state index is 0.0539. The van der Waals surface area contributed by atoms with E-state index in [0.29, 0.717) is 5.56 Å². The van der Waals surface area contributed by atoms with Crippen LogP contribution in [-0.2, 0) is 35.1 Å². The largest absolute Gasteiger partial charge is 0.468 e. The molecule has 0 amide bonds. The molecule has 3 unspecified atom stereocenters. The van der Waals surface area contributed by atoms with Crippen LogP contribution in [0.15, 0.2) is 18.2 Å². The molecular weight excluding hydrogens is 502 g/mol. The first-order valence-electron chi connectivity index (χ1n) is 13.7. The second kappa shape index (κ2) is 16.2. The highest BCUT2D eigenvalue weighted by Gasteiger charge is 2.26. The molecule has 1 N–H and O–H groups in total. The van der Waals surface area contributed by atoms with Crippen molar-refractivity contribution in [3.63, 3.8) is 0 Å². The average molecular weight is 550 g/mol. The van der Waals surface area contributed by atoms with Gasteiger partial charge in [-0.2, -0.15) is 0 Å². The molecule has 1 aromatic rings. The quantitative estimate of drug-likeness (QED) is 0.190. The lowest BCUT2D eigenvalue weighted by Crippen LogP contribution is -2.41. The van der Waals surface area contributed by atoms with Crippen LogP contribution in [0.4, 0.5) is 0 Å². The normalized spacial score (nSPS) is 14.5. The maximum absolute atomic E-state index is 12.8. The smallest absolute Gasteiger partial charge is 0.323 e. The number of nitrogens with one attached hydrogen (secondary N) is 1. The van der Waals surface area contributed by atoms with E-state index in [2.05, 4.69) is 5.32 Å². The lowest BCUT2D eigenvalue weighted by molar-refractivity contribution is -0.149. The highest BCUT2D eigenvalue weighted by molar-refractivity contribution is 5.79. The molecule has 0 radical (unpaired) electrons. The number of methoxy groups -OCH3 is 1. The fourth-order valence-corrected chi connectivity index (χ4v) is 3.20. The number of rotatable bonds is 15. The van der Waals surface area contributed by atoms with Crippen LogP contribution in [0.3, 0.4) is 0 Å². The summed E-state index contributed by atoms with van der Waals surface area (Å²) in [7, 11) is 1.29. The number of carbonyl (C=O) groups excluding carboxylic acids is 4. The van der Waals surface area contributed by atoms with Gasteiger partial charge in [-0.1, -0.05) is 68.4 Å². The Morgan fingerprint density at radius 1 is 0.692 bits per heavy atom. The van der Waals surface area contributed by atoms with Crippen LogP contribution in [0, 0.1) is 35.5 Å². The highest BCUT2D eigenvalue weighted by Crippen LogP contribution is 2.31. The van der Waals surface area contributed by atoms with Crippen molar-refractivity contribution in [2.75, 3.05) is 20.3 Å². The van der Waals surface area contributed by atoms with E-state index in [1.165, 1.54) is 7.11 Å². The van der Waals surface area contributed by atoms with Gasteiger partial charge in [-0.3, -0.25) is 19.2 Å². The third-order valence-electron chi connectivity index (χ3n) is 7.21. The fraction of sp³-hybridized carbons (Fsp3) is 0.667. The summed E-state index contributed by atoms with van der Waals surface area (Å²) in [4.78, 5) is 49.9. The molecule has 1 rings (SSSR count). The van der Waals surface area contributed by atoms with Gasteiger partial charge in [-0.05, 0) is 41.9 Å². The van der Waals surface area contributed by atoms with Crippen LogP contribution in [-0.4, -0.2) is 50.2 Å². The summed E-state index contributed by atoms with van der Waals surface area (Å²) >= 11 is 0. The Bertz CT molecular complexity index is 972. The maximum Gasteiger partial charge on any atom is 0.323 e. The summed E-state index contributed by atoms with van der Waals surface area (Å²) in [6.07, 6.45) is 0.198. The van der Waals surface area contributed by atoms with Gasteiger partial charge in [-0.15, -0.1) is 0 Å². The molecule has 0 aliphatic rings. The minimum atomic E-state index is -0.747. The predicted molar refractivity (Wildman–Crippen MR) is 148 cm³/mol. The molecule has 0 aromatic heterocycles. The van der Waals surface area contributed by atoms with E-state index in [4.69, 9.17) is 18.9 Å². The first kappa shape index (κ1) is 34.1. The van der Waals surface area contributed by atoms with Crippen LogP contribution < -0.4 is 14.8 Å². The third kappa shape index (κ3) is 11.0. The SMILES string of the molecule is COC(=O)[C@H](Cc1ccc(OC(=O)C(C)C(C)C)c(OC(=O)C(C)C(C)C)c1)NCCOC(=O)C(C)C(C)C. The summed E-state index contributed by atoms with van der Waals surface area (Å²) in [5, 5.41) is 3.07. The van der Waals surface area contributed by atoms with Crippen molar-refractivity contribution in [1.29, 1.82) is 0 Å². The van der Waals surface area contributed by atoms with Crippen molar-refractivity contribution < 1.29 is 38.1 Å². The molecular formula is C30H47NO8. The number of hydrogen-bond acceptors (Lipinski definition) is 9. The van der Waals surface area contributed by atoms with E-state index < -0.39 is 23.9 Å². The Morgan fingerprint density at radius 2 is 1.18 bits per heavy atom. The van der Waals surface area contributed by atoms with Crippen LogP contribution in [0.1, 0.15) is 67.9 Å². The molecule has 0 aliphatic carbocycles. The minimum Gasteiger partial charge on any atom is -0.468 e. The molecule has 9 heteroatoms. The zero-order chi connectivity index (χ0) is 29.9. The van der Waals surface area contributed by atoms with Crippen molar-refractivity contribution in [3.8, 4) is 11.5 Å².